The Balaban J connectivity index is 1.51. The molecule has 4 rings (SSSR count). The van der Waals surface area contributed by atoms with Gasteiger partial charge in [0.25, 0.3) is 0 Å². The highest BCUT2D eigenvalue weighted by Gasteiger charge is 2.53. The third-order valence-electron chi connectivity index (χ3n) is 5.32. The molecule has 3 heteroatoms. The third kappa shape index (κ3) is 1.87. The molecule has 0 spiro atoms. The molecule has 1 unspecified atom stereocenters. The smallest absolute Gasteiger partial charge is 0.226 e. The predicted molar refractivity (Wildman–Crippen MR) is 76.3 cm³/mol. The fourth-order valence-electron chi connectivity index (χ4n) is 4.02. The number of carbonyl (C=O) groups is 1. The summed E-state index contributed by atoms with van der Waals surface area (Å²) in [5.74, 6) is 0.361. The lowest BCUT2D eigenvalue weighted by molar-refractivity contribution is -0.138. The van der Waals surface area contributed by atoms with Crippen LogP contribution in [-0.4, -0.2) is 34.1 Å². The summed E-state index contributed by atoms with van der Waals surface area (Å²) >= 11 is 0. The number of benzene rings is 1. The average molecular weight is 271 g/mol. The van der Waals surface area contributed by atoms with Gasteiger partial charge in [0.1, 0.15) is 0 Å². The van der Waals surface area contributed by atoms with Gasteiger partial charge in [-0.05, 0) is 49.7 Å². The molecule has 106 valence electrons. The van der Waals surface area contributed by atoms with Gasteiger partial charge >= 0.3 is 0 Å². The number of hydrogen-bond donors (Lipinski definition) is 1. The standard InChI is InChI=1S/C17H21NO2/c19-16(14-10-12-4-1-2-5-13(12)11-14)18-9-3-6-15(18)17(20)7-8-17/h1-2,4-5,14-15,20H,3,6-11H2. The van der Waals surface area contributed by atoms with E-state index >= 15 is 0 Å². The molecule has 0 radical (unpaired) electrons. The van der Waals surface area contributed by atoms with E-state index in [9.17, 15) is 9.90 Å². The van der Waals surface area contributed by atoms with E-state index in [1.165, 1.54) is 11.1 Å². The molecule has 1 saturated carbocycles. The highest BCUT2D eigenvalue weighted by Crippen LogP contribution is 2.45. The Morgan fingerprint density at radius 2 is 1.85 bits per heavy atom. The lowest BCUT2D eigenvalue weighted by Gasteiger charge is -2.30. The zero-order valence-corrected chi connectivity index (χ0v) is 11.7. The quantitative estimate of drug-likeness (QED) is 0.892. The number of likely N-dealkylation sites (tertiary alicyclic amines) is 1. The fraction of sp³-hybridized carbons (Fsp3) is 0.588. The SMILES string of the molecule is O=C(C1Cc2ccccc2C1)N1CCCC1C1(O)CC1. The summed E-state index contributed by atoms with van der Waals surface area (Å²) in [6, 6.07) is 8.46. The van der Waals surface area contributed by atoms with Gasteiger partial charge < -0.3 is 10.0 Å². The fourth-order valence-corrected chi connectivity index (χ4v) is 4.02. The first-order chi connectivity index (χ1) is 9.67. The first-order valence-electron chi connectivity index (χ1n) is 7.77. The Kier molecular flexibility index (Phi) is 2.68. The topological polar surface area (TPSA) is 40.5 Å². The van der Waals surface area contributed by atoms with Gasteiger partial charge in [0.2, 0.25) is 5.91 Å². The summed E-state index contributed by atoms with van der Waals surface area (Å²) in [7, 11) is 0. The van der Waals surface area contributed by atoms with E-state index in [1.807, 2.05) is 4.90 Å². The van der Waals surface area contributed by atoms with Crippen LogP contribution in [-0.2, 0) is 17.6 Å². The number of nitrogens with zero attached hydrogens (tertiary/aromatic N) is 1. The van der Waals surface area contributed by atoms with E-state index in [2.05, 4.69) is 24.3 Å². The summed E-state index contributed by atoms with van der Waals surface area (Å²) in [6.07, 6.45) is 5.49. The van der Waals surface area contributed by atoms with Crippen molar-refractivity contribution in [2.75, 3.05) is 6.54 Å². The summed E-state index contributed by atoms with van der Waals surface area (Å²) in [5, 5.41) is 10.4. The van der Waals surface area contributed by atoms with Crippen molar-refractivity contribution in [3.8, 4) is 0 Å². The van der Waals surface area contributed by atoms with Crippen LogP contribution < -0.4 is 0 Å². The van der Waals surface area contributed by atoms with Gasteiger partial charge in [-0.3, -0.25) is 4.79 Å². The van der Waals surface area contributed by atoms with Gasteiger partial charge in [-0.15, -0.1) is 0 Å². The van der Waals surface area contributed by atoms with Gasteiger partial charge in [-0.1, -0.05) is 24.3 Å². The van der Waals surface area contributed by atoms with E-state index in [4.69, 9.17) is 0 Å². The molecule has 1 saturated heterocycles. The molecule has 1 amide bonds. The minimum atomic E-state index is -0.558. The monoisotopic (exact) mass is 271 g/mol. The van der Waals surface area contributed by atoms with Crippen molar-refractivity contribution in [2.45, 2.75) is 50.2 Å². The number of carbonyl (C=O) groups excluding carboxylic acids is 1. The zero-order chi connectivity index (χ0) is 13.7. The largest absolute Gasteiger partial charge is 0.388 e. The number of rotatable bonds is 2. The van der Waals surface area contributed by atoms with Crippen LogP contribution in [0.5, 0.6) is 0 Å². The predicted octanol–water partition coefficient (Wildman–Crippen LogP) is 1.92. The molecule has 1 aliphatic heterocycles. The minimum Gasteiger partial charge on any atom is -0.388 e. The molecule has 1 N–H and O–H groups in total. The second-order valence-electron chi connectivity index (χ2n) is 6.67. The van der Waals surface area contributed by atoms with Crippen LogP contribution in [0.25, 0.3) is 0 Å². The van der Waals surface area contributed by atoms with Crippen molar-refractivity contribution in [1.29, 1.82) is 0 Å². The molecule has 0 aromatic heterocycles. The van der Waals surface area contributed by atoms with Crippen LogP contribution in [0.15, 0.2) is 24.3 Å². The number of fused-ring (bicyclic) bond motifs is 1. The molecule has 0 bridgehead atoms. The lowest BCUT2D eigenvalue weighted by Crippen LogP contribution is -2.46. The molecule has 3 nitrogen and oxygen atoms in total. The van der Waals surface area contributed by atoms with Crippen molar-refractivity contribution in [3.63, 3.8) is 0 Å². The van der Waals surface area contributed by atoms with Gasteiger partial charge in [0, 0.05) is 12.5 Å². The Hall–Kier alpha value is -1.35. The van der Waals surface area contributed by atoms with Crippen molar-refractivity contribution in [3.05, 3.63) is 35.4 Å². The highest BCUT2D eigenvalue weighted by atomic mass is 16.3. The van der Waals surface area contributed by atoms with E-state index in [1.54, 1.807) is 0 Å². The van der Waals surface area contributed by atoms with Crippen molar-refractivity contribution in [2.24, 2.45) is 5.92 Å². The first kappa shape index (κ1) is 12.4. The molecular weight excluding hydrogens is 250 g/mol. The zero-order valence-electron chi connectivity index (χ0n) is 11.7. The van der Waals surface area contributed by atoms with Crippen LogP contribution >= 0.6 is 0 Å². The van der Waals surface area contributed by atoms with E-state index in [0.29, 0.717) is 0 Å². The molecule has 1 aromatic carbocycles. The molecule has 1 aromatic rings. The second-order valence-corrected chi connectivity index (χ2v) is 6.67. The molecule has 20 heavy (non-hydrogen) atoms. The van der Waals surface area contributed by atoms with Crippen LogP contribution in [0.4, 0.5) is 0 Å². The van der Waals surface area contributed by atoms with Crippen molar-refractivity contribution < 1.29 is 9.90 Å². The highest BCUT2D eigenvalue weighted by molar-refractivity contribution is 5.81. The van der Waals surface area contributed by atoms with Crippen LogP contribution in [0.1, 0.15) is 36.8 Å². The van der Waals surface area contributed by atoms with Gasteiger partial charge in [0.05, 0.1) is 11.6 Å². The average Bonchev–Trinajstić information content (AvgIpc) is 2.95. The molecule has 1 heterocycles. The van der Waals surface area contributed by atoms with Crippen molar-refractivity contribution in [1.82, 2.24) is 4.90 Å². The summed E-state index contributed by atoms with van der Waals surface area (Å²) in [5.41, 5.74) is 2.09. The first-order valence-corrected chi connectivity index (χ1v) is 7.77. The maximum atomic E-state index is 12.8. The molecule has 1 atom stereocenters. The normalized spacial score (nSPS) is 27.6. The summed E-state index contributed by atoms with van der Waals surface area (Å²) in [4.78, 5) is 14.8. The summed E-state index contributed by atoms with van der Waals surface area (Å²) < 4.78 is 0. The Morgan fingerprint density at radius 3 is 2.45 bits per heavy atom. The maximum Gasteiger partial charge on any atom is 0.226 e. The molecule has 2 fully saturated rings. The van der Waals surface area contributed by atoms with Gasteiger partial charge in [-0.2, -0.15) is 0 Å². The lowest BCUT2D eigenvalue weighted by atomic mass is 10.0. The van der Waals surface area contributed by atoms with Gasteiger partial charge in [-0.25, -0.2) is 0 Å². The minimum absolute atomic E-state index is 0.0821. The Bertz CT molecular complexity index is 525. The molecule has 3 aliphatic rings. The second kappa shape index (κ2) is 4.32. The maximum absolute atomic E-state index is 12.8. The van der Waals surface area contributed by atoms with Crippen molar-refractivity contribution >= 4 is 5.91 Å². The van der Waals surface area contributed by atoms with Gasteiger partial charge in [0.15, 0.2) is 0 Å². The van der Waals surface area contributed by atoms with E-state index < -0.39 is 5.60 Å². The third-order valence-corrected chi connectivity index (χ3v) is 5.32. The summed E-state index contributed by atoms with van der Waals surface area (Å²) in [6.45, 7) is 0.832. The number of amides is 1. The number of aliphatic hydroxyl groups is 1. The number of hydrogen-bond acceptors (Lipinski definition) is 2. The Morgan fingerprint density at radius 1 is 1.20 bits per heavy atom. The molecular formula is C17H21NO2. The van der Waals surface area contributed by atoms with Crippen LogP contribution in [0, 0.1) is 5.92 Å². The van der Waals surface area contributed by atoms with E-state index in [0.717, 1.165) is 45.1 Å². The van der Waals surface area contributed by atoms with Crippen LogP contribution in [0.2, 0.25) is 0 Å². The molecule has 2 aliphatic carbocycles. The van der Waals surface area contributed by atoms with Crippen LogP contribution in [0.3, 0.4) is 0 Å². The Labute approximate surface area is 119 Å². The van der Waals surface area contributed by atoms with E-state index in [-0.39, 0.29) is 17.9 Å².